The molecular formula is C38H47N5O7. The van der Waals surface area contributed by atoms with E-state index in [0.717, 1.165) is 53.9 Å². The molecule has 0 bridgehead atoms. The SMILES string of the molecule is CCOC(=O)CNC(=O)NCc1ccc([C@H]2O[C@@H](CN3CCC4(CC3)C(=O)NCN4c3ccccc3)[C@@H](C)[C@@H](c3ccc(CO)cc3)O2)cc1. The van der Waals surface area contributed by atoms with Gasteiger partial charge < -0.3 is 45.1 Å². The highest BCUT2D eigenvalue weighted by molar-refractivity contribution is 5.93. The number of esters is 1. The molecule has 4 N–H and O–H groups in total. The van der Waals surface area contributed by atoms with Gasteiger partial charge in [-0.2, -0.15) is 0 Å². The van der Waals surface area contributed by atoms with Gasteiger partial charge in [0.2, 0.25) is 5.91 Å². The molecule has 0 radical (unpaired) electrons. The molecule has 12 heteroatoms. The molecule has 3 amide bonds. The molecule has 3 heterocycles. The highest BCUT2D eigenvalue weighted by Gasteiger charge is 2.51. The second kappa shape index (κ2) is 16.0. The van der Waals surface area contributed by atoms with E-state index < -0.39 is 23.8 Å². The maximum absolute atomic E-state index is 13.2. The average Bonchev–Trinajstić information content (AvgIpc) is 3.46. The molecule has 3 aliphatic rings. The predicted molar refractivity (Wildman–Crippen MR) is 187 cm³/mol. The summed E-state index contributed by atoms with van der Waals surface area (Å²) in [6.45, 7) is 6.90. The van der Waals surface area contributed by atoms with E-state index in [1.54, 1.807) is 6.92 Å². The summed E-state index contributed by atoms with van der Waals surface area (Å²) >= 11 is 0. The van der Waals surface area contributed by atoms with E-state index in [2.05, 4.69) is 44.8 Å². The van der Waals surface area contributed by atoms with E-state index in [1.807, 2.05) is 66.7 Å². The zero-order valence-corrected chi connectivity index (χ0v) is 28.7. The Bertz CT molecular complexity index is 1600. The third kappa shape index (κ3) is 7.94. The van der Waals surface area contributed by atoms with Gasteiger partial charge in [0, 0.05) is 43.3 Å². The lowest BCUT2D eigenvalue weighted by Crippen LogP contribution is -2.57. The Morgan fingerprint density at radius 1 is 0.940 bits per heavy atom. The molecule has 12 nitrogen and oxygen atoms in total. The molecule has 6 rings (SSSR count). The summed E-state index contributed by atoms with van der Waals surface area (Å²) in [6, 6.07) is 25.3. The number of carbonyl (C=O) groups is 3. The number of nitrogens with one attached hydrogen (secondary N) is 3. The Morgan fingerprint density at radius 2 is 1.62 bits per heavy atom. The van der Waals surface area contributed by atoms with Crippen molar-refractivity contribution in [3.8, 4) is 0 Å². The maximum Gasteiger partial charge on any atom is 0.325 e. The van der Waals surface area contributed by atoms with E-state index in [0.29, 0.717) is 13.2 Å². The summed E-state index contributed by atoms with van der Waals surface area (Å²) in [5, 5.41) is 17.9. The second-order valence-electron chi connectivity index (χ2n) is 13.2. The van der Waals surface area contributed by atoms with E-state index >= 15 is 0 Å². The Balaban J connectivity index is 1.13. The van der Waals surface area contributed by atoms with E-state index in [4.69, 9.17) is 14.2 Å². The molecule has 0 aromatic heterocycles. The first kappa shape index (κ1) is 35.3. The molecule has 0 saturated carbocycles. The fraction of sp³-hybridized carbons (Fsp3) is 0.447. The lowest BCUT2D eigenvalue weighted by atomic mass is 9.84. The summed E-state index contributed by atoms with van der Waals surface area (Å²) in [6.07, 6.45) is 0.409. The molecular weight excluding hydrogens is 638 g/mol. The van der Waals surface area contributed by atoms with Crippen LogP contribution in [0.1, 0.15) is 61.3 Å². The van der Waals surface area contributed by atoms with Crippen molar-refractivity contribution < 1.29 is 33.7 Å². The van der Waals surface area contributed by atoms with Crippen molar-refractivity contribution in [2.75, 3.05) is 44.4 Å². The van der Waals surface area contributed by atoms with E-state index in [1.165, 1.54) is 0 Å². The zero-order valence-electron chi connectivity index (χ0n) is 28.7. The number of carbonyl (C=O) groups excluding carboxylic acids is 3. The van der Waals surface area contributed by atoms with Crippen molar-refractivity contribution in [3.05, 3.63) is 101 Å². The number of ether oxygens (including phenoxy) is 3. The van der Waals surface area contributed by atoms with Crippen molar-refractivity contribution in [2.24, 2.45) is 5.92 Å². The number of aliphatic hydroxyl groups excluding tert-OH is 1. The number of hydrogen-bond acceptors (Lipinski definition) is 9. The van der Waals surface area contributed by atoms with Crippen LogP contribution in [-0.4, -0.2) is 79.0 Å². The zero-order chi connectivity index (χ0) is 35.1. The highest BCUT2D eigenvalue weighted by atomic mass is 16.7. The second-order valence-corrected chi connectivity index (χ2v) is 13.2. The fourth-order valence-electron chi connectivity index (χ4n) is 7.12. The highest BCUT2D eigenvalue weighted by Crippen LogP contribution is 2.43. The minimum absolute atomic E-state index is 0.0225. The van der Waals surface area contributed by atoms with Crippen LogP contribution in [0.5, 0.6) is 0 Å². The van der Waals surface area contributed by atoms with Gasteiger partial charge in [-0.15, -0.1) is 0 Å². The number of rotatable bonds is 11. The van der Waals surface area contributed by atoms with Crippen molar-refractivity contribution in [1.82, 2.24) is 20.9 Å². The number of hydrogen-bond donors (Lipinski definition) is 4. The van der Waals surface area contributed by atoms with Gasteiger partial charge in [0.05, 0.1) is 32.1 Å². The van der Waals surface area contributed by atoms with Crippen LogP contribution in [0.25, 0.3) is 0 Å². The van der Waals surface area contributed by atoms with Crippen LogP contribution in [0, 0.1) is 5.92 Å². The summed E-state index contributed by atoms with van der Waals surface area (Å²) in [5.74, 6) is -0.372. The van der Waals surface area contributed by atoms with Crippen LogP contribution >= 0.6 is 0 Å². The fourth-order valence-corrected chi connectivity index (χ4v) is 7.12. The van der Waals surface area contributed by atoms with Crippen molar-refractivity contribution >= 4 is 23.6 Å². The number of likely N-dealkylation sites (tertiary alicyclic amines) is 1. The van der Waals surface area contributed by atoms with Crippen LogP contribution < -0.4 is 20.9 Å². The molecule has 266 valence electrons. The first-order chi connectivity index (χ1) is 24.3. The molecule has 4 atom stereocenters. The number of urea groups is 1. The average molecular weight is 686 g/mol. The van der Waals surface area contributed by atoms with Gasteiger partial charge in [0.1, 0.15) is 12.1 Å². The normalized spacial score (nSPS) is 23.3. The van der Waals surface area contributed by atoms with Crippen LogP contribution in [0.2, 0.25) is 0 Å². The van der Waals surface area contributed by atoms with Crippen molar-refractivity contribution in [1.29, 1.82) is 0 Å². The first-order valence-electron chi connectivity index (χ1n) is 17.4. The number of piperidine rings is 1. The van der Waals surface area contributed by atoms with Crippen LogP contribution in [-0.2, 0) is 37.0 Å². The van der Waals surface area contributed by atoms with Crippen LogP contribution in [0.15, 0.2) is 78.9 Å². The van der Waals surface area contributed by atoms with Gasteiger partial charge in [-0.05, 0) is 48.6 Å². The predicted octanol–water partition coefficient (Wildman–Crippen LogP) is 3.76. The lowest BCUT2D eigenvalue weighted by molar-refractivity contribution is -0.276. The van der Waals surface area contributed by atoms with Crippen LogP contribution in [0.4, 0.5) is 10.5 Å². The topological polar surface area (TPSA) is 142 Å². The van der Waals surface area contributed by atoms with Crippen molar-refractivity contribution in [3.63, 3.8) is 0 Å². The molecule has 3 saturated heterocycles. The van der Waals surface area contributed by atoms with Gasteiger partial charge >= 0.3 is 12.0 Å². The third-order valence-corrected chi connectivity index (χ3v) is 10.1. The monoisotopic (exact) mass is 685 g/mol. The minimum Gasteiger partial charge on any atom is -0.465 e. The number of amides is 3. The van der Waals surface area contributed by atoms with Crippen LogP contribution in [0.3, 0.4) is 0 Å². The molecule has 3 aliphatic heterocycles. The molecule has 0 unspecified atom stereocenters. The minimum atomic E-state index is -0.626. The first-order valence-corrected chi connectivity index (χ1v) is 17.4. The molecule has 3 fully saturated rings. The van der Waals surface area contributed by atoms with E-state index in [9.17, 15) is 19.5 Å². The summed E-state index contributed by atoms with van der Waals surface area (Å²) in [5.41, 5.74) is 4.08. The quantitative estimate of drug-likeness (QED) is 0.222. The standard InChI is InChI=1S/C38H47N5O7/c1-3-48-33(45)22-40-37(47)39-21-27-9-15-30(16-10-27)35-49-32(26(2)34(50-35)29-13-11-28(24-44)12-14-29)23-42-19-17-38(18-20-42)36(46)41-25-43(38)31-7-5-4-6-8-31/h4-16,26,32,34-35,44H,3,17-25H2,1-2H3,(H,41,46)(H2,39,40,47)/t26-,32+,34+,35+/m1/s1. The number of aliphatic hydroxyl groups is 1. The van der Waals surface area contributed by atoms with Gasteiger partial charge in [-0.1, -0.05) is 73.7 Å². The number of para-hydroxylation sites is 1. The van der Waals surface area contributed by atoms with Gasteiger partial charge in [0.15, 0.2) is 6.29 Å². The Morgan fingerprint density at radius 3 is 2.30 bits per heavy atom. The summed E-state index contributed by atoms with van der Waals surface area (Å²) < 4.78 is 18.2. The summed E-state index contributed by atoms with van der Waals surface area (Å²) in [7, 11) is 0. The smallest absolute Gasteiger partial charge is 0.325 e. The Labute approximate surface area is 293 Å². The Hall–Kier alpha value is -4.49. The molecule has 0 aliphatic carbocycles. The molecule has 3 aromatic carbocycles. The van der Waals surface area contributed by atoms with Gasteiger partial charge in [0.25, 0.3) is 0 Å². The van der Waals surface area contributed by atoms with Gasteiger partial charge in [-0.3, -0.25) is 9.59 Å². The lowest BCUT2D eigenvalue weighted by Gasteiger charge is -2.46. The Kier molecular flexibility index (Phi) is 11.3. The van der Waals surface area contributed by atoms with Crippen molar-refractivity contribution in [2.45, 2.75) is 63.9 Å². The molecule has 3 aromatic rings. The molecule has 1 spiro atoms. The number of nitrogens with zero attached hydrogens (tertiary/aromatic N) is 2. The summed E-state index contributed by atoms with van der Waals surface area (Å²) in [4.78, 5) is 41.5. The van der Waals surface area contributed by atoms with Gasteiger partial charge in [-0.25, -0.2) is 4.79 Å². The third-order valence-electron chi connectivity index (χ3n) is 10.1. The number of anilines is 1. The number of benzene rings is 3. The van der Waals surface area contributed by atoms with E-state index in [-0.39, 0.29) is 50.3 Å². The molecule has 50 heavy (non-hydrogen) atoms. The maximum atomic E-state index is 13.2. The largest absolute Gasteiger partial charge is 0.465 e.